The van der Waals surface area contributed by atoms with Crippen LogP contribution < -0.4 is 5.32 Å². The number of alkyl halides is 3. The molecule has 1 unspecified atom stereocenters. The first-order valence-electron chi connectivity index (χ1n) is 7.58. The molecular formula is C16H14F3N3O4. The molecule has 0 spiro atoms. The lowest BCUT2D eigenvalue weighted by Gasteiger charge is -2.23. The van der Waals surface area contributed by atoms with Crippen molar-refractivity contribution in [2.45, 2.75) is 18.1 Å². The van der Waals surface area contributed by atoms with Crippen LogP contribution in [-0.4, -0.2) is 45.5 Å². The van der Waals surface area contributed by atoms with Crippen LogP contribution in [0.4, 0.5) is 13.2 Å². The van der Waals surface area contributed by atoms with Gasteiger partial charge >= 0.3 is 12.1 Å². The fraction of sp³-hybridized carbons (Fsp3) is 0.312. The van der Waals surface area contributed by atoms with E-state index in [1.165, 1.54) is 24.3 Å². The van der Waals surface area contributed by atoms with Gasteiger partial charge in [0.2, 0.25) is 0 Å². The topological polar surface area (TPSA) is 93.5 Å². The maximum atomic E-state index is 12.7. The van der Waals surface area contributed by atoms with Crippen LogP contribution in [0, 0.1) is 0 Å². The molecule has 2 heterocycles. The van der Waals surface area contributed by atoms with Gasteiger partial charge in [-0.05, 0) is 24.3 Å². The summed E-state index contributed by atoms with van der Waals surface area (Å²) in [5.74, 6) is -1.87. The third kappa shape index (κ3) is 3.40. The average molecular weight is 369 g/mol. The molecule has 2 N–H and O–H groups in total. The highest BCUT2D eigenvalue weighted by Gasteiger charge is 2.44. The highest BCUT2D eigenvalue weighted by Crippen LogP contribution is 2.28. The van der Waals surface area contributed by atoms with E-state index in [4.69, 9.17) is 4.74 Å². The third-order valence-electron chi connectivity index (χ3n) is 4.04. The molecule has 7 nitrogen and oxygen atoms in total. The number of carboxylic acid groups (broad SMARTS) is 1. The summed E-state index contributed by atoms with van der Waals surface area (Å²) in [6.07, 6.45) is -3.32. The van der Waals surface area contributed by atoms with Crippen LogP contribution in [-0.2, 0) is 15.7 Å². The molecule has 1 amide bonds. The van der Waals surface area contributed by atoms with Gasteiger partial charge in [-0.2, -0.15) is 18.3 Å². The molecular weight excluding hydrogens is 355 g/mol. The number of benzene rings is 1. The molecule has 0 bridgehead atoms. The van der Waals surface area contributed by atoms with Crippen molar-refractivity contribution in [2.75, 3.05) is 13.2 Å². The van der Waals surface area contributed by atoms with Crippen LogP contribution in [0.1, 0.15) is 22.5 Å². The van der Waals surface area contributed by atoms with Crippen LogP contribution in [0.15, 0.2) is 36.5 Å². The molecule has 1 atom stereocenters. The molecule has 1 aromatic carbocycles. The van der Waals surface area contributed by atoms with Gasteiger partial charge in [-0.3, -0.25) is 4.79 Å². The number of carbonyl (C=O) groups is 2. The van der Waals surface area contributed by atoms with Crippen molar-refractivity contribution in [2.24, 2.45) is 0 Å². The molecule has 10 heteroatoms. The van der Waals surface area contributed by atoms with E-state index in [-0.39, 0.29) is 30.9 Å². The molecule has 0 saturated carbocycles. The molecule has 0 radical (unpaired) electrons. The molecule has 1 saturated heterocycles. The van der Waals surface area contributed by atoms with Crippen molar-refractivity contribution >= 4 is 11.9 Å². The first-order valence-corrected chi connectivity index (χ1v) is 7.58. The van der Waals surface area contributed by atoms with E-state index in [9.17, 15) is 27.9 Å². The number of carbonyl (C=O) groups excluding carboxylic acids is 1. The minimum absolute atomic E-state index is 0.0964. The van der Waals surface area contributed by atoms with Gasteiger partial charge in [-0.25, -0.2) is 9.48 Å². The lowest BCUT2D eigenvalue weighted by molar-refractivity contribution is -0.144. The van der Waals surface area contributed by atoms with Crippen molar-refractivity contribution in [3.63, 3.8) is 0 Å². The van der Waals surface area contributed by atoms with Gasteiger partial charge in [0.25, 0.3) is 5.91 Å². The summed E-state index contributed by atoms with van der Waals surface area (Å²) in [6, 6.07) is 6.53. The number of ether oxygens (including phenoxy) is 1. The van der Waals surface area contributed by atoms with Gasteiger partial charge < -0.3 is 15.2 Å². The number of nitrogens with one attached hydrogen (secondary N) is 1. The normalized spacial score (nSPS) is 20.1. The Balaban J connectivity index is 1.84. The second-order valence-electron chi connectivity index (χ2n) is 5.84. The highest BCUT2D eigenvalue weighted by molar-refractivity contribution is 5.98. The first kappa shape index (κ1) is 17.9. The minimum Gasteiger partial charge on any atom is -0.479 e. The lowest BCUT2D eigenvalue weighted by atomic mass is 9.98. The predicted octanol–water partition coefficient (Wildman–Crippen LogP) is 1.86. The summed E-state index contributed by atoms with van der Waals surface area (Å²) in [4.78, 5) is 23.9. The van der Waals surface area contributed by atoms with Crippen LogP contribution in [0.3, 0.4) is 0 Å². The van der Waals surface area contributed by atoms with Gasteiger partial charge in [0.15, 0.2) is 11.2 Å². The minimum atomic E-state index is -4.57. The summed E-state index contributed by atoms with van der Waals surface area (Å²) in [7, 11) is 0. The Kier molecular flexibility index (Phi) is 4.45. The van der Waals surface area contributed by atoms with E-state index in [1.807, 2.05) is 0 Å². The molecule has 138 valence electrons. The number of hydrogen-bond donors (Lipinski definition) is 2. The zero-order valence-corrected chi connectivity index (χ0v) is 13.3. The Labute approximate surface area is 145 Å². The zero-order chi connectivity index (χ0) is 18.9. The molecule has 1 aromatic heterocycles. The molecule has 3 rings (SSSR count). The Bertz CT molecular complexity index is 841. The Hall–Kier alpha value is -2.88. The molecule has 1 fully saturated rings. The Morgan fingerprint density at radius 1 is 1.31 bits per heavy atom. The molecule has 0 aliphatic carbocycles. The fourth-order valence-electron chi connectivity index (χ4n) is 2.58. The number of aromatic nitrogens is 2. The number of halogens is 3. The van der Waals surface area contributed by atoms with Crippen LogP contribution in [0.5, 0.6) is 0 Å². The average Bonchev–Trinajstić information content (AvgIpc) is 3.24. The summed E-state index contributed by atoms with van der Waals surface area (Å²) in [6.45, 7) is 0.0575. The van der Waals surface area contributed by atoms with Gasteiger partial charge in [0.05, 0.1) is 12.3 Å². The Morgan fingerprint density at radius 2 is 2.08 bits per heavy atom. The number of hydrogen-bond acceptors (Lipinski definition) is 4. The van der Waals surface area contributed by atoms with E-state index in [0.29, 0.717) is 0 Å². The van der Waals surface area contributed by atoms with E-state index in [0.717, 1.165) is 16.9 Å². The molecule has 1 aliphatic heterocycles. The van der Waals surface area contributed by atoms with Crippen molar-refractivity contribution in [3.8, 4) is 5.69 Å². The van der Waals surface area contributed by atoms with Crippen molar-refractivity contribution in [3.05, 3.63) is 47.8 Å². The highest BCUT2D eigenvalue weighted by atomic mass is 19.4. The van der Waals surface area contributed by atoms with Crippen LogP contribution in [0.2, 0.25) is 0 Å². The van der Waals surface area contributed by atoms with Crippen LogP contribution >= 0.6 is 0 Å². The van der Waals surface area contributed by atoms with E-state index in [1.54, 1.807) is 0 Å². The monoisotopic (exact) mass is 369 g/mol. The first-order chi connectivity index (χ1) is 12.2. The second-order valence-corrected chi connectivity index (χ2v) is 5.84. The van der Waals surface area contributed by atoms with Gasteiger partial charge in [-0.15, -0.1) is 0 Å². The fourth-order valence-corrected chi connectivity index (χ4v) is 2.58. The maximum absolute atomic E-state index is 12.7. The quantitative estimate of drug-likeness (QED) is 0.858. The van der Waals surface area contributed by atoms with Gasteiger partial charge in [0, 0.05) is 24.8 Å². The van der Waals surface area contributed by atoms with E-state index < -0.39 is 29.3 Å². The molecule has 2 aromatic rings. The number of carboxylic acids is 1. The number of nitrogens with zero attached hydrogens (tertiary/aromatic N) is 2. The van der Waals surface area contributed by atoms with Crippen LogP contribution in [0.25, 0.3) is 5.69 Å². The summed E-state index contributed by atoms with van der Waals surface area (Å²) in [5, 5.41) is 15.2. The predicted molar refractivity (Wildman–Crippen MR) is 81.8 cm³/mol. The second kappa shape index (κ2) is 6.45. The van der Waals surface area contributed by atoms with E-state index >= 15 is 0 Å². The smallest absolute Gasteiger partial charge is 0.435 e. The zero-order valence-electron chi connectivity index (χ0n) is 13.3. The van der Waals surface area contributed by atoms with E-state index in [2.05, 4.69) is 10.4 Å². The van der Waals surface area contributed by atoms with Crippen molar-refractivity contribution in [1.29, 1.82) is 0 Å². The SMILES string of the molecule is O=C(NC1(C(=O)O)CCOC1)c1cccc(-n2ccc(C(F)(F)F)n2)c1. The molecule has 1 aliphatic rings. The number of rotatable bonds is 4. The van der Waals surface area contributed by atoms with Gasteiger partial charge in [0.1, 0.15) is 0 Å². The third-order valence-corrected chi connectivity index (χ3v) is 4.04. The lowest BCUT2D eigenvalue weighted by Crippen LogP contribution is -2.55. The standard InChI is InChI=1S/C16H14F3N3O4/c17-16(18,19)12-4-6-22(21-12)11-3-1-2-10(8-11)13(23)20-15(14(24)25)5-7-26-9-15/h1-4,6,8H,5,7,9H2,(H,20,23)(H,24,25). The molecule has 26 heavy (non-hydrogen) atoms. The largest absolute Gasteiger partial charge is 0.479 e. The van der Waals surface area contributed by atoms with Gasteiger partial charge in [-0.1, -0.05) is 6.07 Å². The maximum Gasteiger partial charge on any atom is 0.435 e. The number of amides is 1. The number of aliphatic carboxylic acids is 1. The van der Waals surface area contributed by atoms with Crippen molar-refractivity contribution < 1.29 is 32.6 Å². The summed E-state index contributed by atoms with van der Waals surface area (Å²) < 4.78 is 44.0. The summed E-state index contributed by atoms with van der Waals surface area (Å²) >= 11 is 0. The summed E-state index contributed by atoms with van der Waals surface area (Å²) in [5.41, 5.74) is -2.23. The van der Waals surface area contributed by atoms with Crippen molar-refractivity contribution in [1.82, 2.24) is 15.1 Å². The Morgan fingerprint density at radius 3 is 2.65 bits per heavy atom.